The van der Waals surface area contributed by atoms with Gasteiger partial charge in [-0.15, -0.1) is 0 Å². The zero-order chi connectivity index (χ0) is 11.3. The molecule has 0 fully saturated rings. The highest BCUT2D eigenvalue weighted by Crippen LogP contribution is 2.19. The van der Waals surface area contributed by atoms with E-state index in [-0.39, 0.29) is 6.04 Å². The molecule has 0 amide bonds. The van der Waals surface area contributed by atoms with Crippen molar-refractivity contribution in [1.29, 1.82) is 0 Å². The quantitative estimate of drug-likeness (QED) is 0.783. The van der Waals surface area contributed by atoms with E-state index in [2.05, 4.69) is 30.3 Å². The number of nitrogens with two attached hydrogens (primary N) is 1. The summed E-state index contributed by atoms with van der Waals surface area (Å²) < 4.78 is 2.17. The summed E-state index contributed by atoms with van der Waals surface area (Å²) in [4.78, 5) is 4.36. The summed E-state index contributed by atoms with van der Waals surface area (Å²) in [6.07, 6.45) is 7.20. The highest BCUT2D eigenvalue weighted by Gasteiger charge is 2.14. The molecule has 0 aliphatic carbocycles. The summed E-state index contributed by atoms with van der Waals surface area (Å²) in [5, 5.41) is 0. The van der Waals surface area contributed by atoms with Crippen LogP contribution in [-0.4, -0.2) is 9.55 Å². The van der Waals surface area contributed by atoms with Crippen molar-refractivity contribution in [2.24, 2.45) is 11.7 Å². The van der Waals surface area contributed by atoms with E-state index in [0.29, 0.717) is 5.92 Å². The molecule has 3 heteroatoms. The van der Waals surface area contributed by atoms with Gasteiger partial charge in [-0.3, -0.25) is 0 Å². The molecular weight excluding hydrogens is 186 g/mol. The molecule has 2 N–H and O–H groups in total. The van der Waals surface area contributed by atoms with E-state index in [1.807, 2.05) is 12.4 Å². The van der Waals surface area contributed by atoms with Crippen LogP contribution in [0.15, 0.2) is 12.4 Å². The molecule has 1 aromatic heterocycles. The molecule has 15 heavy (non-hydrogen) atoms. The number of hydrogen-bond acceptors (Lipinski definition) is 2. The minimum Gasteiger partial charge on any atom is -0.334 e. The Morgan fingerprint density at radius 3 is 2.80 bits per heavy atom. The van der Waals surface area contributed by atoms with Gasteiger partial charge in [-0.1, -0.05) is 27.2 Å². The van der Waals surface area contributed by atoms with Crippen LogP contribution >= 0.6 is 0 Å². The Morgan fingerprint density at radius 2 is 2.20 bits per heavy atom. The molecule has 1 rings (SSSR count). The summed E-state index contributed by atoms with van der Waals surface area (Å²) in [6, 6.07) is 0.0847. The zero-order valence-corrected chi connectivity index (χ0v) is 10.1. The van der Waals surface area contributed by atoms with Gasteiger partial charge in [-0.05, 0) is 18.8 Å². The van der Waals surface area contributed by atoms with Crippen LogP contribution in [0.25, 0.3) is 0 Å². The second kappa shape index (κ2) is 5.91. The molecule has 86 valence electrons. The Morgan fingerprint density at radius 1 is 1.47 bits per heavy atom. The van der Waals surface area contributed by atoms with Crippen LogP contribution < -0.4 is 5.73 Å². The van der Waals surface area contributed by atoms with Crippen molar-refractivity contribution in [2.45, 2.75) is 52.6 Å². The predicted molar refractivity (Wildman–Crippen MR) is 63.5 cm³/mol. The molecule has 1 aromatic rings. The molecule has 2 atom stereocenters. The van der Waals surface area contributed by atoms with Gasteiger partial charge in [-0.2, -0.15) is 0 Å². The van der Waals surface area contributed by atoms with Crippen molar-refractivity contribution in [3.63, 3.8) is 0 Å². The van der Waals surface area contributed by atoms with E-state index in [1.165, 1.54) is 6.42 Å². The fraction of sp³-hybridized carbons (Fsp3) is 0.750. The lowest BCUT2D eigenvalue weighted by Gasteiger charge is -2.16. The van der Waals surface area contributed by atoms with Crippen molar-refractivity contribution in [2.75, 3.05) is 0 Å². The third kappa shape index (κ3) is 3.34. The van der Waals surface area contributed by atoms with Crippen molar-refractivity contribution in [1.82, 2.24) is 9.55 Å². The Hall–Kier alpha value is -0.830. The largest absolute Gasteiger partial charge is 0.334 e. The van der Waals surface area contributed by atoms with Gasteiger partial charge in [0, 0.05) is 18.9 Å². The van der Waals surface area contributed by atoms with E-state index < -0.39 is 0 Å². The van der Waals surface area contributed by atoms with Crippen LogP contribution in [-0.2, 0) is 6.54 Å². The molecule has 0 saturated carbocycles. The molecule has 0 aromatic carbocycles. The van der Waals surface area contributed by atoms with Crippen LogP contribution in [0.5, 0.6) is 0 Å². The maximum absolute atomic E-state index is 6.16. The average Bonchev–Trinajstić information content (AvgIpc) is 2.66. The van der Waals surface area contributed by atoms with E-state index in [1.54, 1.807) is 0 Å². The first kappa shape index (κ1) is 12.2. The third-order valence-electron chi connectivity index (χ3n) is 2.90. The first-order valence-electron chi connectivity index (χ1n) is 5.95. The lowest BCUT2D eigenvalue weighted by molar-refractivity contribution is 0.436. The molecule has 0 radical (unpaired) electrons. The number of hydrogen-bond donors (Lipinski definition) is 1. The number of aromatic nitrogens is 2. The minimum atomic E-state index is 0.0847. The normalized spacial score (nSPS) is 15.2. The first-order chi connectivity index (χ1) is 7.19. The highest BCUT2D eigenvalue weighted by atomic mass is 15.1. The molecular formula is C12H23N3. The molecule has 1 heterocycles. The van der Waals surface area contributed by atoms with Crippen LogP contribution in [0.2, 0.25) is 0 Å². The van der Waals surface area contributed by atoms with Crippen molar-refractivity contribution < 1.29 is 0 Å². The molecule has 0 spiro atoms. The fourth-order valence-electron chi connectivity index (χ4n) is 1.78. The number of imidazole rings is 1. The van der Waals surface area contributed by atoms with Gasteiger partial charge >= 0.3 is 0 Å². The third-order valence-corrected chi connectivity index (χ3v) is 2.90. The summed E-state index contributed by atoms with van der Waals surface area (Å²) in [7, 11) is 0. The van der Waals surface area contributed by atoms with Gasteiger partial charge in [0.1, 0.15) is 5.82 Å². The molecule has 0 aliphatic rings. The number of nitrogens with zero attached hydrogens (tertiary/aromatic N) is 2. The van der Waals surface area contributed by atoms with E-state index >= 15 is 0 Å². The fourth-order valence-corrected chi connectivity index (χ4v) is 1.78. The van der Waals surface area contributed by atoms with E-state index in [4.69, 9.17) is 5.73 Å². The lowest BCUT2D eigenvalue weighted by Crippen LogP contribution is -2.19. The molecule has 0 bridgehead atoms. The van der Waals surface area contributed by atoms with E-state index in [9.17, 15) is 0 Å². The first-order valence-corrected chi connectivity index (χ1v) is 5.95. The van der Waals surface area contributed by atoms with Gasteiger partial charge < -0.3 is 10.3 Å². The molecule has 0 aliphatic heterocycles. The topological polar surface area (TPSA) is 43.8 Å². The molecule has 3 nitrogen and oxygen atoms in total. The minimum absolute atomic E-state index is 0.0847. The number of rotatable bonds is 6. The Bertz CT molecular complexity index is 280. The summed E-state index contributed by atoms with van der Waals surface area (Å²) in [5.41, 5.74) is 6.16. The smallest absolute Gasteiger partial charge is 0.125 e. The standard InChI is InChI=1S/C12H23N3/c1-4-7-15-8-6-14-12(15)11(13)9-10(3)5-2/h6,8,10-11H,4-5,7,9,13H2,1-3H3. The highest BCUT2D eigenvalue weighted by molar-refractivity contribution is 4.98. The van der Waals surface area contributed by atoms with Gasteiger partial charge in [-0.25, -0.2) is 4.98 Å². The Kier molecular flexibility index (Phi) is 4.82. The van der Waals surface area contributed by atoms with Crippen LogP contribution in [0.3, 0.4) is 0 Å². The van der Waals surface area contributed by atoms with Crippen molar-refractivity contribution >= 4 is 0 Å². The lowest BCUT2D eigenvalue weighted by atomic mass is 9.99. The predicted octanol–water partition coefficient (Wildman–Crippen LogP) is 2.73. The van der Waals surface area contributed by atoms with Crippen molar-refractivity contribution in [3.05, 3.63) is 18.2 Å². The maximum Gasteiger partial charge on any atom is 0.125 e. The molecule has 2 unspecified atom stereocenters. The molecule has 0 saturated heterocycles. The SMILES string of the molecule is CCCn1ccnc1C(N)CC(C)CC. The monoisotopic (exact) mass is 209 g/mol. The van der Waals surface area contributed by atoms with E-state index in [0.717, 1.165) is 25.2 Å². The zero-order valence-electron chi connectivity index (χ0n) is 10.1. The summed E-state index contributed by atoms with van der Waals surface area (Å²) in [5.74, 6) is 1.71. The summed E-state index contributed by atoms with van der Waals surface area (Å²) >= 11 is 0. The second-order valence-corrected chi connectivity index (χ2v) is 4.33. The summed E-state index contributed by atoms with van der Waals surface area (Å²) in [6.45, 7) is 7.64. The van der Waals surface area contributed by atoms with Crippen LogP contribution in [0.1, 0.15) is 51.9 Å². The Labute approximate surface area is 92.7 Å². The second-order valence-electron chi connectivity index (χ2n) is 4.33. The van der Waals surface area contributed by atoms with Gasteiger partial charge in [0.25, 0.3) is 0 Å². The van der Waals surface area contributed by atoms with Gasteiger partial charge in [0.15, 0.2) is 0 Å². The van der Waals surface area contributed by atoms with Crippen LogP contribution in [0, 0.1) is 5.92 Å². The maximum atomic E-state index is 6.16. The van der Waals surface area contributed by atoms with Gasteiger partial charge in [0.2, 0.25) is 0 Å². The Balaban J connectivity index is 2.63. The number of aryl methyl sites for hydroxylation is 1. The van der Waals surface area contributed by atoms with Crippen molar-refractivity contribution in [3.8, 4) is 0 Å². The average molecular weight is 209 g/mol. The van der Waals surface area contributed by atoms with Gasteiger partial charge in [0.05, 0.1) is 6.04 Å². The van der Waals surface area contributed by atoms with Crippen LogP contribution in [0.4, 0.5) is 0 Å².